The van der Waals surface area contributed by atoms with Crippen LogP contribution in [0.25, 0.3) is 0 Å². The van der Waals surface area contributed by atoms with Gasteiger partial charge in [0.2, 0.25) is 0 Å². The second kappa shape index (κ2) is 7.03. The van der Waals surface area contributed by atoms with Crippen LogP contribution >= 0.6 is 0 Å². The first-order valence-corrected chi connectivity index (χ1v) is 7.21. The minimum absolute atomic E-state index is 0.245. The van der Waals surface area contributed by atoms with Gasteiger partial charge in [0, 0.05) is 0 Å². The third-order valence-corrected chi connectivity index (χ3v) is 4.04. The number of aryl methyl sites for hydroxylation is 1. The van der Waals surface area contributed by atoms with E-state index < -0.39 is 0 Å². The smallest absolute Gasteiger partial charge is 0.399 e. The first-order chi connectivity index (χ1) is 9.77. The molecule has 21 heavy (non-hydrogen) atoms. The normalized spacial score (nSPS) is 18.6. The average molecular weight is 290 g/mol. The molecular weight excluding hydrogens is 267 g/mol. The lowest BCUT2D eigenvalue weighted by Gasteiger charge is -2.32. The first-order valence-electron chi connectivity index (χ1n) is 7.21. The van der Waals surface area contributed by atoms with Crippen LogP contribution in [0.3, 0.4) is 0 Å². The second-order valence-corrected chi connectivity index (χ2v) is 6.16. The van der Waals surface area contributed by atoms with E-state index in [-0.39, 0.29) is 24.5 Å². The fraction of sp³-hybridized carbons (Fsp3) is 0.562. The molecule has 1 aliphatic heterocycles. The summed E-state index contributed by atoms with van der Waals surface area (Å²) in [4.78, 5) is 16.2. The summed E-state index contributed by atoms with van der Waals surface area (Å²) in [6.45, 7) is 10.5. The molecule has 1 aromatic carbocycles. The zero-order valence-corrected chi connectivity index (χ0v) is 13.4. The Morgan fingerprint density at radius 3 is 1.81 bits per heavy atom. The van der Waals surface area contributed by atoms with E-state index in [2.05, 4.69) is 58.9 Å². The zero-order chi connectivity index (χ0) is 16.1. The van der Waals surface area contributed by atoms with Gasteiger partial charge in [-0.05, 0) is 45.1 Å². The van der Waals surface area contributed by atoms with Gasteiger partial charge in [-0.3, -0.25) is 0 Å². The fourth-order valence-electron chi connectivity index (χ4n) is 2.11. The topological polar surface area (TPSA) is 52.6 Å². The van der Waals surface area contributed by atoms with Gasteiger partial charge < -0.3 is 9.31 Å². The maximum atomic E-state index is 8.12. The highest BCUT2D eigenvalue weighted by Gasteiger charge is 2.51. The number of hydrogen-bond donors (Lipinski definition) is 0. The van der Waals surface area contributed by atoms with Crippen LogP contribution in [0.4, 0.5) is 0 Å². The molecule has 1 saturated heterocycles. The molecule has 2 rings (SSSR count). The summed E-state index contributed by atoms with van der Waals surface area (Å²) in [6, 6.07) is 8.58. The monoisotopic (exact) mass is 290 g/mol. The highest BCUT2D eigenvalue weighted by molar-refractivity contribution is 6.62. The van der Waals surface area contributed by atoms with E-state index in [1.807, 2.05) is 0 Å². The maximum Gasteiger partial charge on any atom is 0.494 e. The van der Waals surface area contributed by atoms with E-state index in [9.17, 15) is 0 Å². The quantitative estimate of drug-likeness (QED) is 0.802. The standard InChI is InChI=1S/C15H23BO2.CO2/c1-6-7-12-8-10-13(11-9-12)16-17-14(2,3)15(4,5)18-16;2-1-3/h8-11H,6-7H2,1-5H3;. The molecule has 1 aliphatic rings. The Kier molecular flexibility index (Phi) is 5.91. The van der Waals surface area contributed by atoms with Gasteiger partial charge >= 0.3 is 13.3 Å². The van der Waals surface area contributed by atoms with Crippen LogP contribution in [0.5, 0.6) is 0 Å². The lowest BCUT2D eigenvalue weighted by Crippen LogP contribution is -2.41. The minimum Gasteiger partial charge on any atom is -0.399 e. The van der Waals surface area contributed by atoms with Crippen molar-refractivity contribution in [3.8, 4) is 0 Å². The number of carbonyl (C=O) groups excluding carboxylic acids is 2. The molecule has 114 valence electrons. The Morgan fingerprint density at radius 1 is 1.00 bits per heavy atom. The van der Waals surface area contributed by atoms with Crippen LogP contribution in [0, 0.1) is 0 Å². The molecule has 0 bridgehead atoms. The number of benzene rings is 1. The van der Waals surface area contributed by atoms with Crippen molar-refractivity contribution in [1.82, 2.24) is 0 Å². The van der Waals surface area contributed by atoms with Crippen LogP contribution in [0.1, 0.15) is 46.6 Å². The molecule has 1 aromatic rings. The minimum atomic E-state index is -0.264. The Hall–Kier alpha value is -1.42. The van der Waals surface area contributed by atoms with Gasteiger partial charge in [0.25, 0.3) is 0 Å². The van der Waals surface area contributed by atoms with Crippen LogP contribution in [0.2, 0.25) is 0 Å². The molecule has 0 aliphatic carbocycles. The van der Waals surface area contributed by atoms with Crippen molar-refractivity contribution in [1.29, 1.82) is 0 Å². The molecule has 1 heterocycles. The van der Waals surface area contributed by atoms with Gasteiger partial charge in [0.15, 0.2) is 0 Å². The second-order valence-electron chi connectivity index (χ2n) is 6.16. The summed E-state index contributed by atoms with van der Waals surface area (Å²) in [6.07, 6.45) is 2.56. The highest BCUT2D eigenvalue weighted by Crippen LogP contribution is 2.36. The number of rotatable bonds is 3. The predicted molar refractivity (Wildman–Crippen MR) is 81.2 cm³/mol. The summed E-state index contributed by atoms with van der Waals surface area (Å²) in [5.41, 5.74) is 1.95. The van der Waals surface area contributed by atoms with Crippen LogP contribution < -0.4 is 5.46 Å². The molecular formula is C16H23BO4. The Labute approximate surface area is 127 Å². The lowest BCUT2D eigenvalue weighted by atomic mass is 9.79. The molecule has 0 amide bonds. The number of hydrogen-bond acceptors (Lipinski definition) is 4. The summed E-state index contributed by atoms with van der Waals surface area (Å²) >= 11 is 0. The predicted octanol–water partition coefficient (Wildman–Crippen LogP) is 2.35. The van der Waals surface area contributed by atoms with E-state index in [0.717, 1.165) is 11.9 Å². The van der Waals surface area contributed by atoms with Gasteiger partial charge in [-0.2, -0.15) is 9.59 Å². The third kappa shape index (κ3) is 4.27. The van der Waals surface area contributed by atoms with Crippen LogP contribution in [-0.2, 0) is 25.3 Å². The Balaban J connectivity index is 0.000000677. The Bertz CT molecular complexity index is 472. The van der Waals surface area contributed by atoms with Gasteiger partial charge in [-0.25, -0.2) is 0 Å². The van der Waals surface area contributed by atoms with Crippen molar-refractivity contribution in [3.05, 3.63) is 29.8 Å². The molecule has 0 spiro atoms. The summed E-state index contributed by atoms with van der Waals surface area (Å²) in [5, 5.41) is 0. The summed E-state index contributed by atoms with van der Waals surface area (Å²) < 4.78 is 12.1. The summed E-state index contributed by atoms with van der Waals surface area (Å²) in [5.74, 6) is 0. The summed E-state index contributed by atoms with van der Waals surface area (Å²) in [7, 11) is -0.245. The zero-order valence-electron chi connectivity index (χ0n) is 13.4. The fourth-order valence-corrected chi connectivity index (χ4v) is 2.11. The largest absolute Gasteiger partial charge is 0.494 e. The average Bonchev–Trinajstić information content (AvgIpc) is 2.61. The van der Waals surface area contributed by atoms with E-state index in [1.165, 1.54) is 12.0 Å². The van der Waals surface area contributed by atoms with E-state index >= 15 is 0 Å². The van der Waals surface area contributed by atoms with Crippen LogP contribution in [0.15, 0.2) is 24.3 Å². The van der Waals surface area contributed by atoms with Gasteiger partial charge in [0.05, 0.1) is 11.2 Å². The molecule has 0 atom stereocenters. The van der Waals surface area contributed by atoms with E-state index in [0.29, 0.717) is 0 Å². The molecule has 4 nitrogen and oxygen atoms in total. The van der Waals surface area contributed by atoms with E-state index in [4.69, 9.17) is 18.9 Å². The van der Waals surface area contributed by atoms with Gasteiger partial charge in [-0.1, -0.05) is 37.6 Å². The molecule has 0 radical (unpaired) electrons. The van der Waals surface area contributed by atoms with Crippen LogP contribution in [-0.4, -0.2) is 24.5 Å². The lowest BCUT2D eigenvalue weighted by molar-refractivity contribution is -0.191. The third-order valence-electron chi connectivity index (χ3n) is 4.04. The van der Waals surface area contributed by atoms with Crippen molar-refractivity contribution in [2.24, 2.45) is 0 Å². The molecule has 1 fully saturated rings. The van der Waals surface area contributed by atoms with Crippen molar-refractivity contribution in [3.63, 3.8) is 0 Å². The molecule has 5 heteroatoms. The molecule has 0 saturated carbocycles. The van der Waals surface area contributed by atoms with E-state index in [1.54, 1.807) is 0 Å². The Morgan fingerprint density at radius 2 is 1.43 bits per heavy atom. The molecule has 0 N–H and O–H groups in total. The SMILES string of the molecule is CCCc1ccc(B2OC(C)(C)C(C)(C)O2)cc1.O=C=O. The van der Waals surface area contributed by atoms with Crippen molar-refractivity contribution in [2.45, 2.75) is 58.7 Å². The van der Waals surface area contributed by atoms with Gasteiger partial charge in [0.1, 0.15) is 0 Å². The maximum absolute atomic E-state index is 8.12. The molecule has 0 unspecified atom stereocenters. The highest BCUT2D eigenvalue weighted by atomic mass is 16.7. The molecule has 0 aromatic heterocycles. The van der Waals surface area contributed by atoms with Gasteiger partial charge in [-0.15, -0.1) is 0 Å². The van der Waals surface area contributed by atoms with Crippen molar-refractivity contribution in [2.75, 3.05) is 0 Å². The first kappa shape index (κ1) is 17.6. The van der Waals surface area contributed by atoms with Crippen molar-refractivity contribution < 1.29 is 18.9 Å². The van der Waals surface area contributed by atoms with Crippen molar-refractivity contribution >= 4 is 18.7 Å².